The van der Waals surface area contributed by atoms with Gasteiger partial charge < -0.3 is 19.7 Å². The summed E-state index contributed by atoms with van der Waals surface area (Å²) in [7, 11) is 0. The Morgan fingerprint density at radius 2 is 1.78 bits per heavy atom. The summed E-state index contributed by atoms with van der Waals surface area (Å²) >= 11 is 6.68. The predicted molar refractivity (Wildman–Crippen MR) is 211 cm³/mol. The lowest BCUT2D eigenvalue weighted by molar-refractivity contribution is 0.0342. The Bertz CT molecular complexity index is 2120. The van der Waals surface area contributed by atoms with E-state index in [0.717, 1.165) is 90.7 Å². The molecular weight excluding hydrogens is 702 g/mol. The highest BCUT2D eigenvalue weighted by molar-refractivity contribution is 6.31. The molecule has 54 heavy (non-hydrogen) atoms. The zero-order valence-electron chi connectivity index (χ0n) is 31.6. The van der Waals surface area contributed by atoms with Crippen LogP contribution in [0, 0.1) is 0 Å². The molecule has 0 saturated carbocycles. The Labute approximate surface area is 321 Å². The van der Waals surface area contributed by atoms with Crippen molar-refractivity contribution in [3.8, 4) is 11.4 Å². The minimum Gasteiger partial charge on any atom is -0.484 e. The van der Waals surface area contributed by atoms with Crippen molar-refractivity contribution in [3.63, 3.8) is 0 Å². The van der Waals surface area contributed by atoms with Gasteiger partial charge in [0.2, 0.25) is 5.95 Å². The third-order valence-electron chi connectivity index (χ3n) is 10.9. The molecule has 5 heterocycles. The number of morpholine rings is 1. The number of halogens is 1. The SMILES string of the molecule is C[C@H]1CCCCN1c1nnc2ccc(O[C@@H]3CC[C@H](NC(=O)Nc4cc(C(C)(C)C)nn4-c4ccc(Cl)c(CN5CCOCC5)c4)c4ccccc43)cn12. The van der Waals surface area contributed by atoms with Gasteiger partial charge in [0.15, 0.2) is 5.65 Å². The van der Waals surface area contributed by atoms with Crippen LogP contribution in [0.3, 0.4) is 0 Å². The van der Waals surface area contributed by atoms with Gasteiger partial charge in [0.1, 0.15) is 17.7 Å². The number of benzene rings is 2. The van der Waals surface area contributed by atoms with Crippen LogP contribution in [-0.4, -0.2) is 74.2 Å². The van der Waals surface area contributed by atoms with E-state index in [1.54, 1.807) is 0 Å². The molecule has 2 aromatic carbocycles. The first kappa shape index (κ1) is 36.3. The van der Waals surface area contributed by atoms with Crippen LogP contribution < -0.4 is 20.3 Å². The molecule has 3 aliphatic rings. The van der Waals surface area contributed by atoms with Crippen LogP contribution in [0.15, 0.2) is 66.9 Å². The Balaban J connectivity index is 0.995. The van der Waals surface area contributed by atoms with Gasteiger partial charge in [0.05, 0.1) is 36.8 Å². The third-order valence-corrected chi connectivity index (χ3v) is 11.3. The minimum atomic E-state index is -0.296. The van der Waals surface area contributed by atoms with Crippen LogP contribution >= 0.6 is 11.6 Å². The Morgan fingerprint density at radius 3 is 2.57 bits per heavy atom. The van der Waals surface area contributed by atoms with Gasteiger partial charge in [-0.3, -0.25) is 14.6 Å². The lowest BCUT2D eigenvalue weighted by atomic mass is 9.85. The molecule has 2 fully saturated rings. The molecule has 2 aliphatic heterocycles. The largest absolute Gasteiger partial charge is 0.484 e. The second-order valence-electron chi connectivity index (χ2n) is 15.8. The van der Waals surface area contributed by atoms with Gasteiger partial charge in [-0.2, -0.15) is 5.10 Å². The highest BCUT2D eigenvalue weighted by Crippen LogP contribution is 2.39. The normalized spacial score (nSPS) is 20.8. The van der Waals surface area contributed by atoms with E-state index in [9.17, 15) is 4.79 Å². The summed E-state index contributed by atoms with van der Waals surface area (Å²) in [6.45, 7) is 13.4. The average molecular weight is 752 g/mol. The molecular formula is C41H50ClN9O3. The van der Waals surface area contributed by atoms with Crippen LogP contribution in [0.5, 0.6) is 5.75 Å². The third kappa shape index (κ3) is 7.65. The smallest absolute Gasteiger partial charge is 0.320 e. The average Bonchev–Trinajstić information content (AvgIpc) is 3.79. The van der Waals surface area contributed by atoms with Crippen molar-refractivity contribution >= 4 is 35.0 Å². The maximum absolute atomic E-state index is 13.8. The second-order valence-corrected chi connectivity index (χ2v) is 16.2. The summed E-state index contributed by atoms with van der Waals surface area (Å²) in [6, 6.07) is 20.0. The van der Waals surface area contributed by atoms with Gasteiger partial charge in [0, 0.05) is 48.7 Å². The van der Waals surface area contributed by atoms with Crippen LogP contribution in [-0.2, 0) is 16.7 Å². The van der Waals surface area contributed by atoms with Crippen LogP contribution in [0.25, 0.3) is 11.3 Å². The highest BCUT2D eigenvalue weighted by Gasteiger charge is 2.31. The van der Waals surface area contributed by atoms with Gasteiger partial charge in [-0.05, 0) is 86.1 Å². The number of carbonyl (C=O) groups excluding carboxylic acids is 1. The van der Waals surface area contributed by atoms with E-state index >= 15 is 0 Å². The van der Waals surface area contributed by atoms with Crippen molar-refractivity contribution in [2.24, 2.45) is 0 Å². The van der Waals surface area contributed by atoms with Crippen LogP contribution in [0.2, 0.25) is 5.02 Å². The fraction of sp³-hybridized carbons (Fsp3) is 0.463. The first-order chi connectivity index (χ1) is 26.1. The molecule has 0 radical (unpaired) electrons. The van der Waals surface area contributed by atoms with Gasteiger partial charge in [-0.15, -0.1) is 10.2 Å². The molecule has 12 nitrogen and oxygen atoms in total. The van der Waals surface area contributed by atoms with E-state index in [1.165, 1.54) is 6.42 Å². The number of hydrogen-bond donors (Lipinski definition) is 2. The minimum absolute atomic E-state index is 0.166. The first-order valence-corrected chi connectivity index (χ1v) is 19.6. The van der Waals surface area contributed by atoms with E-state index in [0.29, 0.717) is 36.6 Å². The summed E-state index contributed by atoms with van der Waals surface area (Å²) in [5.41, 5.74) is 5.39. The number of rotatable bonds is 8. The number of anilines is 2. The van der Waals surface area contributed by atoms with E-state index in [2.05, 4.69) is 76.5 Å². The quantitative estimate of drug-likeness (QED) is 0.165. The lowest BCUT2D eigenvalue weighted by Gasteiger charge is -2.33. The Hall–Kier alpha value is -4.65. The number of amides is 2. The Morgan fingerprint density at radius 1 is 0.963 bits per heavy atom. The molecule has 8 rings (SSSR count). The summed E-state index contributed by atoms with van der Waals surface area (Å²) in [5.74, 6) is 2.21. The monoisotopic (exact) mass is 751 g/mol. The van der Waals surface area contributed by atoms with Crippen LogP contribution in [0.4, 0.5) is 16.6 Å². The van der Waals surface area contributed by atoms with Crippen molar-refractivity contribution in [2.45, 2.75) is 89.9 Å². The number of urea groups is 1. The molecule has 284 valence electrons. The number of carbonyl (C=O) groups is 1. The maximum atomic E-state index is 13.8. The number of ether oxygens (including phenoxy) is 2. The topological polar surface area (TPSA) is 114 Å². The standard InChI is InChI=1S/C41H50ClN9O3/c1-27-9-7-8-18-49(27)40-46-45-37-17-13-30(26-50(37)40)54-35-16-15-34(31-10-5-6-11-32(31)35)43-39(52)44-38-24-36(41(2,3)4)47-51(38)29-12-14-33(42)28(23-29)25-48-19-21-53-22-20-48/h5-6,10-14,17,23-24,26-27,34-35H,7-9,15-16,18-22,25H2,1-4H3,(H2,43,44,52)/t27-,34-,35+/m0/s1. The summed E-state index contributed by atoms with van der Waals surface area (Å²) < 4.78 is 16.1. The fourth-order valence-corrected chi connectivity index (χ4v) is 8.04. The molecule has 2 N–H and O–H groups in total. The van der Waals surface area contributed by atoms with Gasteiger partial charge in [-0.1, -0.05) is 56.6 Å². The number of pyridine rings is 1. The van der Waals surface area contributed by atoms with Crippen molar-refractivity contribution in [2.75, 3.05) is 43.1 Å². The Kier molecular flexibility index (Phi) is 10.3. The summed E-state index contributed by atoms with van der Waals surface area (Å²) in [4.78, 5) is 18.5. The van der Waals surface area contributed by atoms with E-state index in [1.807, 2.05) is 57.7 Å². The number of nitrogens with one attached hydrogen (secondary N) is 2. The zero-order chi connectivity index (χ0) is 37.4. The molecule has 1 aliphatic carbocycles. The first-order valence-electron chi connectivity index (χ1n) is 19.2. The van der Waals surface area contributed by atoms with Gasteiger partial charge in [0.25, 0.3) is 0 Å². The summed E-state index contributed by atoms with van der Waals surface area (Å²) in [5, 5.41) is 21.1. The van der Waals surface area contributed by atoms with E-state index < -0.39 is 0 Å². The number of fused-ring (bicyclic) bond motifs is 2. The van der Waals surface area contributed by atoms with E-state index in [-0.39, 0.29) is 23.6 Å². The summed E-state index contributed by atoms with van der Waals surface area (Å²) in [6.07, 6.45) is 6.84. The van der Waals surface area contributed by atoms with Gasteiger partial charge in [-0.25, -0.2) is 9.48 Å². The van der Waals surface area contributed by atoms with Crippen molar-refractivity contribution in [1.82, 2.24) is 34.6 Å². The number of aromatic nitrogens is 5. The second kappa shape index (κ2) is 15.2. The lowest BCUT2D eigenvalue weighted by Crippen LogP contribution is -2.38. The molecule has 13 heteroatoms. The van der Waals surface area contributed by atoms with Crippen LogP contribution in [0.1, 0.15) is 94.3 Å². The van der Waals surface area contributed by atoms with Crippen molar-refractivity contribution in [3.05, 3.63) is 94.3 Å². The molecule has 3 atom stereocenters. The molecule has 0 bridgehead atoms. The number of nitrogens with zero attached hydrogens (tertiary/aromatic N) is 7. The van der Waals surface area contributed by atoms with E-state index in [4.69, 9.17) is 26.2 Å². The number of piperidine rings is 1. The van der Waals surface area contributed by atoms with Gasteiger partial charge >= 0.3 is 6.03 Å². The molecule has 5 aromatic rings. The van der Waals surface area contributed by atoms with Crippen molar-refractivity contribution in [1.29, 1.82) is 0 Å². The molecule has 2 saturated heterocycles. The molecule has 3 aromatic heterocycles. The zero-order valence-corrected chi connectivity index (χ0v) is 32.4. The molecule has 0 spiro atoms. The number of hydrogen-bond acceptors (Lipinski definition) is 8. The fourth-order valence-electron chi connectivity index (χ4n) is 7.87. The van der Waals surface area contributed by atoms with Crippen molar-refractivity contribution < 1.29 is 14.3 Å². The highest BCUT2D eigenvalue weighted by atomic mass is 35.5. The molecule has 2 amide bonds. The predicted octanol–water partition coefficient (Wildman–Crippen LogP) is 7.85. The molecule has 0 unspecified atom stereocenters. The maximum Gasteiger partial charge on any atom is 0.320 e.